The van der Waals surface area contributed by atoms with E-state index in [1.807, 2.05) is 0 Å². The van der Waals surface area contributed by atoms with Crippen LogP contribution in [0.4, 0.5) is 21.8 Å². The molecule has 0 saturated heterocycles. The van der Waals surface area contributed by atoms with E-state index in [1.165, 1.54) is 18.2 Å². The Morgan fingerprint density at radius 1 is 1.00 bits per heavy atom. The fraction of sp³-hybridized carbons (Fsp3) is 0.250. The Balaban J connectivity index is 2.21. The molecule has 0 amide bonds. The molecule has 8 heteroatoms. The van der Waals surface area contributed by atoms with Crippen LogP contribution in [0.3, 0.4) is 0 Å². The normalized spacial score (nSPS) is 18.4. The molecule has 0 aliphatic carbocycles. The molecule has 1 aromatic heterocycles. The summed E-state index contributed by atoms with van der Waals surface area (Å²) >= 11 is 0. The zero-order valence-corrected chi connectivity index (χ0v) is 15.8. The molecule has 2 nitrogen and oxygen atoms in total. The predicted octanol–water partition coefficient (Wildman–Crippen LogP) is 5.55. The molecular weight excluding hydrogens is 374 g/mol. The molecule has 2 aliphatic rings. The topological polar surface area (TPSA) is 7.94 Å². The fourth-order valence-corrected chi connectivity index (χ4v) is 4.50. The van der Waals surface area contributed by atoms with E-state index in [9.17, 15) is 13.2 Å². The minimum Gasteiger partial charge on any atom is -0.393 e. The maximum atomic E-state index is 15.5. The SMILES string of the molecule is CC1=CC(C)=[N+]2C1=C(c1ccccc1C(F)(F)F)c1c(C)cc(C)n1[B-]2(F)F. The van der Waals surface area contributed by atoms with Gasteiger partial charge < -0.3 is 17.6 Å². The van der Waals surface area contributed by atoms with Gasteiger partial charge in [0.1, 0.15) is 5.71 Å². The average Bonchev–Trinajstić information content (AvgIpc) is 3.04. The number of hydrogen-bond acceptors (Lipinski definition) is 0. The number of allylic oxidation sites excluding steroid dienone is 2. The molecule has 0 atom stereocenters. The molecule has 2 aromatic rings. The van der Waals surface area contributed by atoms with Crippen molar-refractivity contribution in [3.05, 3.63) is 75.8 Å². The van der Waals surface area contributed by atoms with Gasteiger partial charge in [-0.05, 0) is 44.2 Å². The Bertz CT molecular complexity index is 1120. The molecule has 28 heavy (non-hydrogen) atoms. The zero-order chi connectivity index (χ0) is 20.6. The number of benzene rings is 1. The van der Waals surface area contributed by atoms with Crippen LogP contribution in [0.25, 0.3) is 5.57 Å². The van der Waals surface area contributed by atoms with Crippen molar-refractivity contribution in [1.29, 1.82) is 0 Å². The van der Waals surface area contributed by atoms with Gasteiger partial charge in [-0.2, -0.15) is 13.2 Å². The summed E-state index contributed by atoms with van der Waals surface area (Å²) in [5, 5.41) is 0. The van der Waals surface area contributed by atoms with Crippen molar-refractivity contribution in [2.75, 3.05) is 0 Å². The second-order valence-corrected chi connectivity index (χ2v) is 7.38. The van der Waals surface area contributed by atoms with Gasteiger partial charge in [0.2, 0.25) is 0 Å². The lowest BCUT2D eigenvalue weighted by Gasteiger charge is -2.34. The van der Waals surface area contributed by atoms with Crippen molar-refractivity contribution in [3.8, 4) is 0 Å². The molecule has 0 unspecified atom stereocenters. The summed E-state index contributed by atoms with van der Waals surface area (Å²) < 4.78 is 74.1. The summed E-state index contributed by atoms with van der Waals surface area (Å²) in [5.74, 6) is 0. The molecule has 0 spiro atoms. The van der Waals surface area contributed by atoms with E-state index in [2.05, 4.69) is 0 Å². The molecule has 0 N–H and O–H groups in total. The van der Waals surface area contributed by atoms with Gasteiger partial charge in [0.15, 0.2) is 5.70 Å². The first-order valence-electron chi connectivity index (χ1n) is 8.90. The van der Waals surface area contributed by atoms with E-state index in [4.69, 9.17) is 0 Å². The molecule has 146 valence electrons. The van der Waals surface area contributed by atoms with Crippen molar-refractivity contribution < 1.29 is 26.3 Å². The molecule has 0 radical (unpaired) electrons. The van der Waals surface area contributed by atoms with E-state index in [0.29, 0.717) is 22.5 Å². The number of nitrogens with zero attached hydrogens (tertiary/aromatic N) is 2. The van der Waals surface area contributed by atoms with Gasteiger partial charge in [-0.15, -0.1) is 0 Å². The van der Waals surface area contributed by atoms with Crippen LogP contribution < -0.4 is 0 Å². The minimum atomic E-state index is -4.60. The van der Waals surface area contributed by atoms with Gasteiger partial charge in [0.05, 0.1) is 11.1 Å². The third-order valence-corrected chi connectivity index (χ3v) is 5.44. The summed E-state index contributed by atoms with van der Waals surface area (Å²) in [5.41, 5.74) is 1.24. The van der Waals surface area contributed by atoms with Crippen LogP contribution in [0.15, 0.2) is 47.7 Å². The lowest BCUT2D eigenvalue weighted by atomic mass is 9.82. The number of rotatable bonds is 1. The van der Waals surface area contributed by atoms with Crippen molar-refractivity contribution in [2.24, 2.45) is 0 Å². The highest BCUT2D eigenvalue weighted by atomic mass is 19.4. The summed E-state index contributed by atoms with van der Waals surface area (Å²) in [4.78, 5) is 0. The Morgan fingerprint density at radius 2 is 1.64 bits per heavy atom. The van der Waals surface area contributed by atoms with Gasteiger partial charge in [0, 0.05) is 29.8 Å². The molecule has 1 aromatic carbocycles. The lowest BCUT2D eigenvalue weighted by molar-refractivity contribution is -0.363. The van der Waals surface area contributed by atoms with Crippen LogP contribution in [-0.2, 0) is 6.18 Å². The quantitative estimate of drug-likeness (QED) is 0.444. The molecular formula is C20H18BF5N2. The van der Waals surface area contributed by atoms with Crippen molar-refractivity contribution in [2.45, 2.75) is 33.9 Å². The average molecular weight is 392 g/mol. The second kappa shape index (κ2) is 5.69. The van der Waals surface area contributed by atoms with Gasteiger partial charge in [-0.25, -0.2) is 0 Å². The number of alkyl halides is 3. The van der Waals surface area contributed by atoms with E-state index in [-0.39, 0.29) is 22.5 Å². The molecule has 3 heterocycles. The summed E-state index contributed by atoms with van der Waals surface area (Å²) in [6.07, 6.45) is -3.01. The van der Waals surface area contributed by atoms with E-state index in [1.54, 1.807) is 39.8 Å². The fourth-order valence-electron chi connectivity index (χ4n) is 4.50. The Hall–Kier alpha value is -2.64. The highest BCUT2D eigenvalue weighted by molar-refractivity contribution is 6.58. The van der Waals surface area contributed by atoms with Crippen molar-refractivity contribution in [3.63, 3.8) is 0 Å². The Labute approximate surface area is 159 Å². The highest BCUT2D eigenvalue weighted by Crippen LogP contribution is 2.46. The molecule has 0 saturated carbocycles. The van der Waals surface area contributed by atoms with Gasteiger partial charge in [-0.3, -0.25) is 0 Å². The number of hydrogen-bond donors (Lipinski definition) is 0. The van der Waals surface area contributed by atoms with Crippen LogP contribution >= 0.6 is 0 Å². The van der Waals surface area contributed by atoms with Crippen LogP contribution in [0.2, 0.25) is 0 Å². The summed E-state index contributed by atoms with van der Waals surface area (Å²) in [6, 6.07) is 6.75. The zero-order valence-electron chi connectivity index (χ0n) is 15.8. The second-order valence-electron chi connectivity index (χ2n) is 7.38. The van der Waals surface area contributed by atoms with Gasteiger partial charge in [-0.1, -0.05) is 18.2 Å². The smallest absolute Gasteiger partial charge is 0.393 e. The standard InChI is InChI=1S/C20H18BF5N2/c1-11-9-13(3)27-18(11)17(15-7-5-6-8-16(15)20(22,23)24)19-12(2)10-14(4)28(19)21(27,25)26/h5-10H,1-4H3. The molecule has 2 aliphatic heterocycles. The lowest BCUT2D eigenvalue weighted by Crippen LogP contribution is -2.51. The first kappa shape index (κ1) is 18.7. The monoisotopic (exact) mass is 392 g/mol. The van der Waals surface area contributed by atoms with E-state index in [0.717, 1.165) is 15.0 Å². The van der Waals surface area contributed by atoms with Crippen LogP contribution in [0, 0.1) is 13.8 Å². The largest absolute Gasteiger partial charge is 0.737 e. The number of fused-ring (bicyclic) bond motifs is 2. The van der Waals surface area contributed by atoms with Crippen LogP contribution in [0.1, 0.15) is 41.9 Å². The van der Waals surface area contributed by atoms with Crippen molar-refractivity contribution in [1.82, 2.24) is 4.48 Å². The van der Waals surface area contributed by atoms with Gasteiger partial charge in [0.25, 0.3) is 0 Å². The number of halogens is 5. The first-order valence-corrected chi connectivity index (χ1v) is 8.90. The molecule has 4 rings (SSSR count). The first-order chi connectivity index (χ1) is 13.0. The molecule has 0 fully saturated rings. The van der Waals surface area contributed by atoms with Crippen LogP contribution in [0.5, 0.6) is 0 Å². The minimum absolute atomic E-state index is 0.0915. The predicted molar refractivity (Wildman–Crippen MR) is 99.4 cm³/mol. The summed E-state index contributed by atoms with van der Waals surface area (Å²) in [6.45, 7) is 2.20. The highest BCUT2D eigenvalue weighted by Gasteiger charge is 2.55. The van der Waals surface area contributed by atoms with Crippen molar-refractivity contribution >= 4 is 18.3 Å². The Kier molecular flexibility index (Phi) is 3.80. The number of aromatic nitrogens is 1. The maximum absolute atomic E-state index is 15.5. The third kappa shape index (κ3) is 2.36. The number of aryl methyl sites for hydroxylation is 2. The summed E-state index contributed by atoms with van der Waals surface area (Å²) in [7, 11) is 0. The Morgan fingerprint density at radius 3 is 2.29 bits per heavy atom. The molecule has 0 bridgehead atoms. The van der Waals surface area contributed by atoms with E-state index < -0.39 is 18.7 Å². The third-order valence-electron chi connectivity index (χ3n) is 5.44. The maximum Gasteiger partial charge on any atom is 0.737 e. The van der Waals surface area contributed by atoms with Crippen LogP contribution in [-0.4, -0.2) is 21.6 Å². The van der Waals surface area contributed by atoms with Gasteiger partial charge >= 0.3 is 13.1 Å². The van der Waals surface area contributed by atoms with E-state index >= 15 is 8.63 Å².